The van der Waals surface area contributed by atoms with Crippen molar-refractivity contribution in [2.75, 3.05) is 6.61 Å². The Morgan fingerprint density at radius 1 is 1.33 bits per heavy atom. The Balaban J connectivity index is 3.77. The van der Waals surface area contributed by atoms with Crippen molar-refractivity contribution in [3.63, 3.8) is 0 Å². The lowest BCUT2D eigenvalue weighted by Gasteiger charge is -2.11. The zero-order chi connectivity index (χ0) is 18.7. The minimum atomic E-state index is -4.84. The summed E-state index contributed by atoms with van der Waals surface area (Å²) in [5, 5.41) is 11.2. The van der Waals surface area contributed by atoms with Gasteiger partial charge in [0, 0.05) is 6.07 Å². The lowest BCUT2D eigenvalue weighted by atomic mass is 10.0. The van der Waals surface area contributed by atoms with Gasteiger partial charge in [-0.2, -0.15) is 13.2 Å². The van der Waals surface area contributed by atoms with Gasteiger partial charge in [0.25, 0.3) is 5.69 Å². The van der Waals surface area contributed by atoms with Crippen LogP contribution in [0.25, 0.3) is 0 Å². The van der Waals surface area contributed by atoms with E-state index in [1.54, 1.807) is 0 Å². The van der Waals surface area contributed by atoms with Gasteiger partial charge in [0.2, 0.25) is 0 Å². The van der Waals surface area contributed by atoms with Crippen molar-refractivity contribution in [2.45, 2.75) is 32.7 Å². The van der Waals surface area contributed by atoms with Crippen LogP contribution in [0.3, 0.4) is 0 Å². The third kappa shape index (κ3) is 5.09. The first kappa shape index (κ1) is 19.7. The number of nitro benzene ring substituents is 1. The summed E-state index contributed by atoms with van der Waals surface area (Å²) in [6, 6.07) is 0.927. The molecule has 0 aliphatic heterocycles. The molecule has 0 spiro atoms. The zero-order valence-electron chi connectivity index (χ0n) is 13.6. The summed E-state index contributed by atoms with van der Waals surface area (Å²) in [5.41, 5.74) is -0.238. The van der Waals surface area contributed by atoms with Crippen LogP contribution in [0.2, 0.25) is 19.6 Å². The summed E-state index contributed by atoms with van der Waals surface area (Å²) in [7, 11) is -1.98. The highest BCUT2D eigenvalue weighted by Crippen LogP contribution is 2.35. The Kier molecular flexibility index (Phi) is 5.78. The van der Waals surface area contributed by atoms with Gasteiger partial charge in [0.15, 0.2) is 0 Å². The first-order valence-corrected chi connectivity index (χ1v) is 10.5. The molecule has 5 nitrogen and oxygen atoms in total. The van der Waals surface area contributed by atoms with Gasteiger partial charge in [0.05, 0.1) is 22.7 Å². The van der Waals surface area contributed by atoms with Crippen LogP contribution in [0.5, 0.6) is 0 Å². The number of hydrogen-bond acceptors (Lipinski definition) is 4. The van der Waals surface area contributed by atoms with Crippen LogP contribution in [0, 0.1) is 21.6 Å². The molecular formula is C15H16F3NO4Si. The molecule has 0 aliphatic carbocycles. The number of nitro groups is 1. The first-order valence-electron chi connectivity index (χ1n) is 6.96. The highest BCUT2D eigenvalue weighted by Gasteiger charge is 2.36. The van der Waals surface area contributed by atoms with Crippen molar-refractivity contribution in [3.8, 4) is 11.5 Å². The van der Waals surface area contributed by atoms with Gasteiger partial charge < -0.3 is 4.74 Å². The van der Waals surface area contributed by atoms with Crippen molar-refractivity contribution >= 4 is 19.7 Å². The fourth-order valence-corrected chi connectivity index (χ4v) is 2.19. The molecule has 0 N–H and O–H groups in total. The van der Waals surface area contributed by atoms with Crippen molar-refractivity contribution in [1.29, 1.82) is 0 Å². The molecule has 0 unspecified atom stereocenters. The molecule has 0 bridgehead atoms. The Labute approximate surface area is 138 Å². The van der Waals surface area contributed by atoms with E-state index < -0.39 is 42.0 Å². The van der Waals surface area contributed by atoms with E-state index in [1.165, 1.54) is 6.92 Å². The van der Waals surface area contributed by atoms with Gasteiger partial charge in [-0.3, -0.25) is 10.1 Å². The van der Waals surface area contributed by atoms with E-state index in [0.717, 1.165) is 0 Å². The topological polar surface area (TPSA) is 69.4 Å². The number of ether oxygens (including phenoxy) is 1. The Bertz CT molecular complexity index is 727. The summed E-state index contributed by atoms with van der Waals surface area (Å²) in [4.78, 5) is 22.2. The maximum Gasteiger partial charge on any atom is 0.416 e. The maximum atomic E-state index is 13.0. The average molecular weight is 359 g/mol. The quantitative estimate of drug-likeness (QED) is 0.269. The first-order chi connectivity index (χ1) is 10.9. The summed E-state index contributed by atoms with van der Waals surface area (Å²) in [6.45, 7) is 6.98. The predicted molar refractivity (Wildman–Crippen MR) is 84.3 cm³/mol. The number of esters is 1. The minimum Gasteiger partial charge on any atom is -0.462 e. The summed E-state index contributed by atoms with van der Waals surface area (Å²) in [5.74, 6) is 1.45. The molecule has 0 saturated carbocycles. The summed E-state index contributed by atoms with van der Waals surface area (Å²) < 4.78 is 43.6. The number of carbonyl (C=O) groups excluding carboxylic acids is 1. The van der Waals surface area contributed by atoms with Crippen molar-refractivity contribution in [1.82, 2.24) is 0 Å². The molecule has 24 heavy (non-hydrogen) atoms. The molecule has 0 atom stereocenters. The predicted octanol–water partition coefficient (Wildman–Crippen LogP) is 4.02. The van der Waals surface area contributed by atoms with Gasteiger partial charge >= 0.3 is 12.1 Å². The molecule has 0 fully saturated rings. The second-order valence-corrected chi connectivity index (χ2v) is 10.6. The van der Waals surface area contributed by atoms with E-state index in [1.807, 2.05) is 19.6 Å². The van der Waals surface area contributed by atoms with E-state index in [4.69, 9.17) is 4.74 Å². The number of rotatable bonds is 3. The van der Waals surface area contributed by atoms with Gasteiger partial charge in [-0.15, -0.1) is 5.54 Å². The van der Waals surface area contributed by atoms with Crippen LogP contribution >= 0.6 is 0 Å². The van der Waals surface area contributed by atoms with Crippen LogP contribution < -0.4 is 0 Å². The Hall–Kier alpha value is -2.34. The number of halogens is 3. The Morgan fingerprint density at radius 3 is 2.33 bits per heavy atom. The highest BCUT2D eigenvalue weighted by molar-refractivity contribution is 6.83. The largest absolute Gasteiger partial charge is 0.462 e. The summed E-state index contributed by atoms with van der Waals surface area (Å²) >= 11 is 0. The average Bonchev–Trinajstić information content (AvgIpc) is 2.42. The highest BCUT2D eigenvalue weighted by atomic mass is 28.3. The molecule has 0 radical (unpaired) electrons. The third-order valence-corrected chi connectivity index (χ3v) is 3.57. The van der Waals surface area contributed by atoms with Crippen molar-refractivity contribution < 1.29 is 27.6 Å². The molecule has 130 valence electrons. The molecule has 1 aromatic rings. The van der Waals surface area contributed by atoms with Gasteiger partial charge in [-0.1, -0.05) is 25.6 Å². The molecule has 0 saturated heterocycles. The second-order valence-electron chi connectivity index (χ2n) is 5.89. The smallest absolute Gasteiger partial charge is 0.416 e. The van der Waals surface area contributed by atoms with E-state index in [2.05, 4.69) is 11.5 Å². The van der Waals surface area contributed by atoms with E-state index in [0.29, 0.717) is 12.1 Å². The number of alkyl halides is 3. The Morgan fingerprint density at radius 2 is 1.92 bits per heavy atom. The molecular weight excluding hydrogens is 343 g/mol. The third-order valence-electron chi connectivity index (χ3n) is 2.70. The number of carbonyl (C=O) groups is 1. The minimum absolute atomic E-state index is 0.0796. The SMILES string of the molecule is CCOC(=O)c1cc(C(F)(F)F)cc([N+](=O)[O-])c1C#C[Si](C)(C)C. The van der Waals surface area contributed by atoms with Crippen molar-refractivity contribution in [2.24, 2.45) is 0 Å². The standard InChI is InChI=1S/C15H16F3NO4Si/c1-5-23-14(20)12-8-10(15(16,17)18)9-13(19(21)22)11(12)6-7-24(2,3)4/h8-9H,5H2,1-4H3. The van der Waals surface area contributed by atoms with E-state index in [9.17, 15) is 28.1 Å². The van der Waals surface area contributed by atoms with Crippen LogP contribution in [-0.4, -0.2) is 25.6 Å². The molecule has 1 rings (SSSR count). The fraction of sp³-hybridized carbons (Fsp3) is 0.400. The molecule has 0 amide bonds. The molecule has 0 aliphatic rings. The van der Waals surface area contributed by atoms with Crippen LogP contribution in [0.1, 0.15) is 28.4 Å². The van der Waals surface area contributed by atoms with Crippen LogP contribution in [0.4, 0.5) is 18.9 Å². The van der Waals surface area contributed by atoms with Gasteiger partial charge in [0.1, 0.15) is 13.6 Å². The number of hydrogen-bond donors (Lipinski definition) is 0. The van der Waals surface area contributed by atoms with E-state index >= 15 is 0 Å². The van der Waals surface area contributed by atoms with Crippen LogP contribution in [-0.2, 0) is 10.9 Å². The molecule has 1 aromatic carbocycles. The zero-order valence-corrected chi connectivity index (χ0v) is 14.6. The normalized spacial score (nSPS) is 11.5. The number of nitrogens with zero attached hydrogens (tertiary/aromatic N) is 1. The fourth-order valence-electron chi connectivity index (χ4n) is 1.69. The van der Waals surface area contributed by atoms with Crippen LogP contribution in [0.15, 0.2) is 12.1 Å². The molecule has 0 heterocycles. The second kappa shape index (κ2) is 7.05. The molecule has 0 aromatic heterocycles. The number of benzene rings is 1. The maximum absolute atomic E-state index is 13.0. The molecule has 9 heteroatoms. The van der Waals surface area contributed by atoms with Gasteiger partial charge in [-0.25, -0.2) is 4.79 Å². The van der Waals surface area contributed by atoms with Gasteiger partial charge in [-0.05, 0) is 13.0 Å². The summed E-state index contributed by atoms with van der Waals surface area (Å²) in [6.07, 6.45) is -4.84. The van der Waals surface area contributed by atoms with Crippen molar-refractivity contribution in [3.05, 3.63) is 38.9 Å². The monoisotopic (exact) mass is 359 g/mol. The lowest BCUT2D eigenvalue weighted by molar-refractivity contribution is -0.385. The van der Waals surface area contributed by atoms with E-state index in [-0.39, 0.29) is 12.2 Å². The lowest BCUT2D eigenvalue weighted by Crippen LogP contribution is -2.17.